The van der Waals surface area contributed by atoms with Crippen LogP contribution < -0.4 is 5.32 Å². The molecule has 0 bridgehead atoms. The Balaban J connectivity index is 1.36. The first-order chi connectivity index (χ1) is 15.0. The number of halogens is 1. The molecular formula is C24H24FN5O. The molecule has 6 nitrogen and oxygen atoms in total. The standard InChI is InChI=1S/C24H24FN5O/c1-2-30(22(31)21-28-19-9-8-18(25)12-20(19)29-21)24-11-3-10-23(24,15-24)27-14-17-6-4-16(13-26)5-7-17/h4-9,12,27H,2-3,10-11,14-15H2,1H3,(H,28,29)/t23-,24+/m0/s1. The third-order valence-corrected chi connectivity index (χ3v) is 6.99. The number of nitrogens with one attached hydrogen (secondary N) is 2. The molecule has 1 aromatic heterocycles. The number of hydrogen-bond donors (Lipinski definition) is 2. The van der Waals surface area contributed by atoms with E-state index in [4.69, 9.17) is 5.26 Å². The summed E-state index contributed by atoms with van der Waals surface area (Å²) in [4.78, 5) is 22.8. The second-order valence-corrected chi connectivity index (χ2v) is 8.60. The lowest BCUT2D eigenvalue weighted by atomic mass is 10.1. The maximum absolute atomic E-state index is 13.5. The zero-order valence-corrected chi connectivity index (χ0v) is 17.4. The lowest BCUT2D eigenvalue weighted by molar-refractivity contribution is 0.0625. The Kier molecular flexibility index (Phi) is 4.56. The molecule has 5 rings (SSSR count). The van der Waals surface area contributed by atoms with Gasteiger partial charge >= 0.3 is 0 Å². The van der Waals surface area contributed by atoms with E-state index in [0.717, 1.165) is 31.2 Å². The molecule has 2 aromatic carbocycles. The second kappa shape index (κ2) is 7.17. The Labute approximate surface area is 180 Å². The molecule has 2 aliphatic rings. The van der Waals surface area contributed by atoms with Crippen LogP contribution in [0.4, 0.5) is 4.39 Å². The molecule has 3 aromatic rings. The summed E-state index contributed by atoms with van der Waals surface area (Å²) in [5.41, 5.74) is 2.59. The largest absolute Gasteiger partial charge is 0.334 e. The van der Waals surface area contributed by atoms with Gasteiger partial charge in [-0.15, -0.1) is 0 Å². The van der Waals surface area contributed by atoms with Crippen LogP contribution in [0.25, 0.3) is 11.0 Å². The fraction of sp³-hybridized carbons (Fsp3) is 0.375. The Morgan fingerprint density at radius 3 is 2.84 bits per heavy atom. The number of imidazole rings is 1. The number of likely N-dealkylation sites (N-methyl/N-ethyl adjacent to an activating group) is 1. The third-order valence-electron chi connectivity index (χ3n) is 6.99. The van der Waals surface area contributed by atoms with E-state index in [2.05, 4.69) is 21.4 Å². The van der Waals surface area contributed by atoms with Crippen molar-refractivity contribution in [3.63, 3.8) is 0 Å². The molecule has 31 heavy (non-hydrogen) atoms. The van der Waals surface area contributed by atoms with Crippen molar-refractivity contribution in [2.24, 2.45) is 0 Å². The summed E-state index contributed by atoms with van der Waals surface area (Å²) in [6.45, 7) is 3.28. The zero-order valence-electron chi connectivity index (χ0n) is 17.4. The van der Waals surface area contributed by atoms with Crippen LogP contribution in [0.15, 0.2) is 42.5 Å². The molecule has 2 N–H and O–H groups in total. The highest BCUT2D eigenvalue weighted by molar-refractivity contribution is 5.95. The number of benzene rings is 2. The van der Waals surface area contributed by atoms with Crippen LogP contribution in [-0.4, -0.2) is 38.4 Å². The predicted molar refractivity (Wildman–Crippen MR) is 115 cm³/mol. The number of carbonyl (C=O) groups excluding carboxylic acids is 1. The van der Waals surface area contributed by atoms with Crippen LogP contribution in [-0.2, 0) is 6.54 Å². The molecule has 1 heterocycles. The Bertz CT molecular complexity index is 1200. The van der Waals surface area contributed by atoms with Gasteiger partial charge in [0.1, 0.15) is 5.82 Å². The number of amides is 1. The summed E-state index contributed by atoms with van der Waals surface area (Å²) in [6.07, 6.45) is 3.97. The molecule has 0 spiro atoms. The van der Waals surface area contributed by atoms with E-state index in [9.17, 15) is 9.18 Å². The summed E-state index contributed by atoms with van der Waals surface area (Å²) < 4.78 is 13.5. The van der Waals surface area contributed by atoms with Crippen molar-refractivity contribution in [3.8, 4) is 6.07 Å². The molecule has 2 atom stereocenters. The van der Waals surface area contributed by atoms with Gasteiger partial charge in [0.2, 0.25) is 0 Å². The Morgan fingerprint density at radius 1 is 1.29 bits per heavy atom. The number of nitrogens with zero attached hydrogens (tertiary/aromatic N) is 3. The van der Waals surface area contributed by atoms with Gasteiger partial charge in [-0.25, -0.2) is 9.37 Å². The molecule has 0 aliphatic heterocycles. The SMILES string of the molecule is CCN(C(=O)c1nc2cc(F)ccc2[nH]1)[C@@]12CCC[C@]1(NCc1ccc(C#N)cc1)C2. The van der Waals surface area contributed by atoms with Crippen molar-refractivity contribution in [2.45, 2.75) is 50.2 Å². The summed E-state index contributed by atoms with van der Waals surface area (Å²) in [5, 5.41) is 12.7. The maximum Gasteiger partial charge on any atom is 0.290 e. The molecule has 2 fully saturated rings. The number of rotatable bonds is 6. The van der Waals surface area contributed by atoms with Gasteiger partial charge in [0, 0.05) is 24.7 Å². The number of hydrogen-bond acceptors (Lipinski definition) is 4. The van der Waals surface area contributed by atoms with E-state index >= 15 is 0 Å². The van der Waals surface area contributed by atoms with E-state index in [-0.39, 0.29) is 28.6 Å². The van der Waals surface area contributed by atoms with Gasteiger partial charge in [0.15, 0.2) is 5.82 Å². The fourth-order valence-corrected chi connectivity index (χ4v) is 5.41. The van der Waals surface area contributed by atoms with Gasteiger partial charge in [0.05, 0.1) is 28.2 Å². The highest BCUT2D eigenvalue weighted by atomic mass is 19.1. The molecule has 7 heteroatoms. The minimum Gasteiger partial charge on any atom is -0.334 e. The van der Waals surface area contributed by atoms with Gasteiger partial charge < -0.3 is 15.2 Å². The van der Waals surface area contributed by atoms with Crippen molar-refractivity contribution in [1.82, 2.24) is 20.2 Å². The van der Waals surface area contributed by atoms with Crippen molar-refractivity contribution in [1.29, 1.82) is 5.26 Å². The van der Waals surface area contributed by atoms with E-state index in [1.807, 2.05) is 36.1 Å². The van der Waals surface area contributed by atoms with Crippen LogP contribution in [0.2, 0.25) is 0 Å². The normalized spacial score (nSPS) is 24.0. The van der Waals surface area contributed by atoms with E-state index in [1.54, 1.807) is 6.07 Å². The van der Waals surface area contributed by atoms with E-state index < -0.39 is 0 Å². The number of fused-ring (bicyclic) bond motifs is 2. The van der Waals surface area contributed by atoms with Gasteiger partial charge in [-0.3, -0.25) is 4.79 Å². The highest BCUT2D eigenvalue weighted by Gasteiger charge is 2.73. The highest BCUT2D eigenvalue weighted by Crippen LogP contribution is 2.63. The fourth-order valence-electron chi connectivity index (χ4n) is 5.41. The Morgan fingerprint density at radius 2 is 2.10 bits per heavy atom. The summed E-state index contributed by atoms with van der Waals surface area (Å²) >= 11 is 0. The third kappa shape index (κ3) is 3.10. The number of aromatic amines is 1. The first-order valence-electron chi connectivity index (χ1n) is 10.7. The maximum atomic E-state index is 13.5. The summed E-state index contributed by atoms with van der Waals surface area (Å²) in [5.74, 6) is -0.243. The van der Waals surface area contributed by atoms with Gasteiger partial charge in [-0.05, 0) is 62.4 Å². The number of carbonyl (C=O) groups is 1. The van der Waals surface area contributed by atoms with Gasteiger partial charge in [-0.1, -0.05) is 12.1 Å². The molecule has 2 aliphatic carbocycles. The van der Waals surface area contributed by atoms with Crippen LogP contribution in [0, 0.1) is 17.1 Å². The molecule has 0 saturated heterocycles. The summed E-state index contributed by atoms with van der Waals surface area (Å²) in [6, 6.07) is 14.1. The molecule has 1 amide bonds. The van der Waals surface area contributed by atoms with Crippen molar-refractivity contribution < 1.29 is 9.18 Å². The van der Waals surface area contributed by atoms with Crippen molar-refractivity contribution >= 4 is 16.9 Å². The smallest absolute Gasteiger partial charge is 0.290 e. The first-order valence-corrected chi connectivity index (χ1v) is 10.7. The average Bonchev–Trinajstić information content (AvgIpc) is 3.07. The number of H-pyrrole nitrogens is 1. The van der Waals surface area contributed by atoms with Gasteiger partial charge in [-0.2, -0.15) is 5.26 Å². The van der Waals surface area contributed by atoms with Crippen LogP contribution in [0.3, 0.4) is 0 Å². The molecule has 2 saturated carbocycles. The van der Waals surface area contributed by atoms with Crippen molar-refractivity contribution in [3.05, 3.63) is 65.2 Å². The topological polar surface area (TPSA) is 84.8 Å². The Hall–Kier alpha value is -3.24. The number of aromatic nitrogens is 2. The van der Waals surface area contributed by atoms with E-state index in [1.165, 1.54) is 12.1 Å². The lowest BCUT2D eigenvalue weighted by Crippen LogP contribution is -2.49. The summed E-state index contributed by atoms with van der Waals surface area (Å²) in [7, 11) is 0. The first kappa shape index (κ1) is 19.7. The van der Waals surface area contributed by atoms with Crippen LogP contribution >= 0.6 is 0 Å². The minimum absolute atomic E-state index is 0.0926. The minimum atomic E-state index is -0.368. The monoisotopic (exact) mass is 417 g/mol. The molecule has 0 radical (unpaired) electrons. The molecule has 158 valence electrons. The lowest BCUT2D eigenvalue weighted by Gasteiger charge is -2.32. The number of nitriles is 1. The second-order valence-electron chi connectivity index (χ2n) is 8.60. The van der Waals surface area contributed by atoms with Gasteiger partial charge in [0.25, 0.3) is 5.91 Å². The average molecular weight is 417 g/mol. The molecule has 0 unspecified atom stereocenters. The predicted octanol–water partition coefficient (Wildman–Crippen LogP) is 3.89. The van der Waals surface area contributed by atoms with Crippen LogP contribution in [0.1, 0.15) is 54.4 Å². The van der Waals surface area contributed by atoms with Crippen LogP contribution in [0.5, 0.6) is 0 Å². The quantitative estimate of drug-likeness (QED) is 0.637. The van der Waals surface area contributed by atoms with E-state index in [0.29, 0.717) is 29.7 Å². The van der Waals surface area contributed by atoms with Crippen molar-refractivity contribution in [2.75, 3.05) is 6.54 Å². The zero-order chi connectivity index (χ0) is 21.6. The molecular weight excluding hydrogens is 393 g/mol.